The lowest BCUT2D eigenvalue weighted by molar-refractivity contribution is -0.137. The second-order valence-electron chi connectivity index (χ2n) is 6.64. The van der Waals surface area contributed by atoms with E-state index < -0.39 is 29.0 Å². The molecule has 0 spiro atoms. The number of alkyl halides is 3. The van der Waals surface area contributed by atoms with Gasteiger partial charge < -0.3 is 10.2 Å². The highest BCUT2D eigenvalue weighted by Crippen LogP contribution is 2.30. The van der Waals surface area contributed by atoms with E-state index in [2.05, 4.69) is 15.6 Å². The summed E-state index contributed by atoms with van der Waals surface area (Å²) in [6, 6.07) is 7.64. The minimum absolute atomic E-state index is 0.0139. The molecule has 8 nitrogen and oxygen atoms in total. The highest BCUT2D eigenvalue weighted by atomic mass is 19.4. The van der Waals surface area contributed by atoms with E-state index in [1.165, 1.54) is 38.1 Å². The molecule has 1 heterocycles. The van der Waals surface area contributed by atoms with Crippen molar-refractivity contribution in [1.29, 1.82) is 0 Å². The number of nitrogens with one attached hydrogen (secondary N) is 2. The molecule has 2 aromatic carbocycles. The van der Waals surface area contributed by atoms with E-state index >= 15 is 0 Å². The number of phenols is 2. The van der Waals surface area contributed by atoms with Gasteiger partial charge in [-0.15, -0.1) is 0 Å². The number of rotatable bonds is 4. The Labute approximate surface area is 173 Å². The van der Waals surface area contributed by atoms with Crippen LogP contribution < -0.4 is 11.0 Å². The van der Waals surface area contributed by atoms with Crippen molar-refractivity contribution >= 4 is 11.6 Å². The topological polar surface area (TPSA) is 120 Å². The van der Waals surface area contributed by atoms with Crippen LogP contribution in [0.2, 0.25) is 0 Å². The summed E-state index contributed by atoms with van der Waals surface area (Å²) in [6.07, 6.45) is -4.56. The molecule has 0 fully saturated rings. The zero-order chi connectivity index (χ0) is 22.9. The van der Waals surface area contributed by atoms with E-state index in [-0.39, 0.29) is 28.3 Å². The Morgan fingerprint density at radius 2 is 1.87 bits per heavy atom. The molecule has 0 saturated heterocycles. The predicted molar refractivity (Wildman–Crippen MR) is 106 cm³/mol. The van der Waals surface area contributed by atoms with Crippen molar-refractivity contribution in [2.24, 2.45) is 5.10 Å². The van der Waals surface area contributed by atoms with Crippen LogP contribution in [0.1, 0.15) is 34.1 Å². The summed E-state index contributed by atoms with van der Waals surface area (Å²) in [4.78, 5) is 25.0. The molecule has 0 radical (unpaired) electrons. The standard InChI is InChI=1S/C20H17F3N4O4/c1-10(24-25-18(30)15-7-6-14(28)9-16(15)29)17-11(2)26-27(19(17)31)13-5-3-4-12(8-13)20(21,22)23/h3-9,26,28-29H,1-2H3,(H,25,30)/b24-10+. The second kappa shape index (κ2) is 8.01. The van der Waals surface area contributed by atoms with Gasteiger partial charge in [-0.2, -0.15) is 18.3 Å². The number of aromatic amines is 1. The van der Waals surface area contributed by atoms with Crippen LogP contribution in [0.5, 0.6) is 11.5 Å². The van der Waals surface area contributed by atoms with Crippen LogP contribution in [0.3, 0.4) is 0 Å². The van der Waals surface area contributed by atoms with Crippen molar-refractivity contribution in [1.82, 2.24) is 15.2 Å². The van der Waals surface area contributed by atoms with Crippen LogP contribution >= 0.6 is 0 Å². The number of carbonyl (C=O) groups excluding carboxylic acids is 1. The number of aromatic hydroxyl groups is 2. The summed E-state index contributed by atoms with van der Waals surface area (Å²) >= 11 is 0. The molecule has 11 heteroatoms. The normalized spacial score (nSPS) is 12.1. The number of amides is 1. The Morgan fingerprint density at radius 1 is 1.16 bits per heavy atom. The van der Waals surface area contributed by atoms with Gasteiger partial charge in [-0.1, -0.05) is 6.07 Å². The van der Waals surface area contributed by atoms with Gasteiger partial charge in [0, 0.05) is 11.8 Å². The quantitative estimate of drug-likeness (QED) is 0.373. The van der Waals surface area contributed by atoms with E-state index in [4.69, 9.17) is 0 Å². The lowest BCUT2D eigenvalue weighted by atomic mass is 10.1. The summed E-state index contributed by atoms with van der Waals surface area (Å²) in [5, 5.41) is 25.6. The molecule has 3 rings (SSSR count). The molecular formula is C20H17F3N4O4. The maximum Gasteiger partial charge on any atom is 0.416 e. The zero-order valence-electron chi connectivity index (χ0n) is 16.3. The van der Waals surface area contributed by atoms with Gasteiger partial charge >= 0.3 is 6.18 Å². The number of benzene rings is 2. The van der Waals surface area contributed by atoms with E-state index in [0.29, 0.717) is 5.69 Å². The average Bonchev–Trinajstić information content (AvgIpc) is 2.99. The number of hydrogen-bond donors (Lipinski definition) is 4. The number of nitrogens with zero attached hydrogens (tertiary/aromatic N) is 2. The lowest BCUT2D eigenvalue weighted by Crippen LogP contribution is -2.23. The van der Waals surface area contributed by atoms with Crippen LogP contribution in [0.25, 0.3) is 5.69 Å². The number of phenolic OH excluding ortho intramolecular Hbond substituents is 2. The molecular weight excluding hydrogens is 417 g/mol. The monoisotopic (exact) mass is 434 g/mol. The predicted octanol–water partition coefficient (Wildman–Crippen LogP) is 3.06. The summed E-state index contributed by atoms with van der Waals surface area (Å²) in [5.41, 5.74) is 0.944. The first-order valence-corrected chi connectivity index (χ1v) is 8.85. The number of hydrazone groups is 1. The second-order valence-corrected chi connectivity index (χ2v) is 6.64. The van der Waals surface area contributed by atoms with Gasteiger partial charge in [-0.05, 0) is 44.2 Å². The molecule has 0 atom stereocenters. The van der Waals surface area contributed by atoms with Gasteiger partial charge in [-0.25, -0.2) is 10.1 Å². The molecule has 0 unspecified atom stereocenters. The zero-order valence-corrected chi connectivity index (χ0v) is 16.3. The van der Waals surface area contributed by atoms with E-state index in [1.54, 1.807) is 0 Å². The van der Waals surface area contributed by atoms with Crippen LogP contribution in [0.4, 0.5) is 13.2 Å². The molecule has 0 aliphatic carbocycles. The molecule has 3 aromatic rings. The van der Waals surface area contributed by atoms with Crippen molar-refractivity contribution in [3.63, 3.8) is 0 Å². The van der Waals surface area contributed by atoms with Crippen molar-refractivity contribution < 1.29 is 28.2 Å². The number of aromatic nitrogens is 2. The third-order valence-electron chi connectivity index (χ3n) is 4.42. The van der Waals surface area contributed by atoms with E-state index in [9.17, 15) is 33.0 Å². The van der Waals surface area contributed by atoms with Gasteiger partial charge in [0.1, 0.15) is 11.5 Å². The molecule has 162 valence electrons. The summed E-state index contributed by atoms with van der Waals surface area (Å²) in [6.45, 7) is 2.97. The number of aryl methyl sites for hydroxylation is 1. The third-order valence-corrected chi connectivity index (χ3v) is 4.42. The Kier molecular flexibility index (Phi) is 5.60. The lowest BCUT2D eigenvalue weighted by Gasteiger charge is -2.08. The third kappa shape index (κ3) is 4.44. The number of halogens is 3. The number of carbonyl (C=O) groups is 1. The van der Waals surface area contributed by atoms with Crippen molar-refractivity contribution in [3.05, 3.63) is 75.2 Å². The van der Waals surface area contributed by atoms with Crippen LogP contribution in [-0.4, -0.2) is 31.6 Å². The van der Waals surface area contributed by atoms with Crippen LogP contribution in [-0.2, 0) is 6.18 Å². The SMILES string of the molecule is C/C(=N\NC(=O)c1ccc(O)cc1O)c1c(C)[nH]n(-c2cccc(C(F)(F)F)c2)c1=O. The largest absolute Gasteiger partial charge is 0.508 e. The Hall–Kier alpha value is -4.02. The average molecular weight is 434 g/mol. The molecule has 0 bridgehead atoms. The van der Waals surface area contributed by atoms with Crippen LogP contribution in [0.15, 0.2) is 52.4 Å². The molecule has 0 aliphatic heterocycles. The summed E-state index contributed by atoms with van der Waals surface area (Å²) < 4.78 is 39.9. The Morgan fingerprint density at radius 3 is 2.52 bits per heavy atom. The summed E-state index contributed by atoms with van der Waals surface area (Å²) in [7, 11) is 0. The highest BCUT2D eigenvalue weighted by molar-refractivity contribution is 6.02. The minimum atomic E-state index is -4.56. The van der Waals surface area contributed by atoms with E-state index in [1.807, 2.05) is 0 Å². The highest BCUT2D eigenvalue weighted by Gasteiger charge is 2.30. The number of H-pyrrole nitrogens is 1. The van der Waals surface area contributed by atoms with Gasteiger partial charge in [0.05, 0.1) is 28.1 Å². The molecule has 0 saturated carbocycles. The smallest absolute Gasteiger partial charge is 0.416 e. The van der Waals surface area contributed by atoms with Gasteiger partial charge in [-0.3, -0.25) is 14.7 Å². The van der Waals surface area contributed by atoms with Crippen molar-refractivity contribution in [3.8, 4) is 17.2 Å². The Balaban J connectivity index is 1.91. The summed E-state index contributed by atoms with van der Waals surface area (Å²) in [5.74, 6) is -1.48. The molecule has 0 aliphatic rings. The van der Waals surface area contributed by atoms with E-state index in [0.717, 1.165) is 22.9 Å². The fourth-order valence-corrected chi connectivity index (χ4v) is 2.94. The molecule has 1 aromatic heterocycles. The Bertz CT molecular complexity index is 1240. The first-order valence-electron chi connectivity index (χ1n) is 8.85. The molecule has 31 heavy (non-hydrogen) atoms. The van der Waals surface area contributed by atoms with Crippen LogP contribution in [0, 0.1) is 6.92 Å². The fraction of sp³-hybridized carbons (Fsp3) is 0.150. The fourth-order valence-electron chi connectivity index (χ4n) is 2.94. The van der Waals surface area contributed by atoms with Gasteiger partial charge in [0.25, 0.3) is 11.5 Å². The van der Waals surface area contributed by atoms with Gasteiger partial charge in [0.2, 0.25) is 0 Å². The first-order chi connectivity index (χ1) is 14.5. The van der Waals surface area contributed by atoms with Crippen molar-refractivity contribution in [2.45, 2.75) is 20.0 Å². The molecule has 4 N–H and O–H groups in total. The maximum atomic E-state index is 13.0. The number of hydrogen-bond acceptors (Lipinski definition) is 5. The van der Waals surface area contributed by atoms with Gasteiger partial charge in [0.15, 0.2) is 0 Å². The first kappa shape index (κ1) is 21.7. The maximum absolute atomic E-state index is 13.0. The molecule has 1 amide bonds. The van der Waals surface area contributed by atoms with Crippen molar-refractivity contribution in [2.75, 3.05) is 0 Å². The minimum Gasteiger partial charge on any atom is -0.508 e.